The highest BCUT2D eigenvalue weighted by Gasteiger charge is 2.22. The lowest BCUT2D eigenvalue weighted by atomic mass is 10.1. The van der Waals surface area contributed by atoms with Gasteiger partial charge in [0.1, 0.15) is 6.04 Å². The molecule has 0 saturated heterocycles. The summed E-state index contributed by atoms with van der Waals surface area (Å²) in [6, 6.07) is -0.568. The van der Waals surface area contributed by atoms with Gasteiger partial charge in [-0.2, -0.15) is 0 Å². The number of nitrogens with one attached hydrogen (secondary N) is 1. The Bertz CT molecular complexity index is 260. The van der Waals surface area contributed by atoms with E-state index in [0.29, 0.717) is 0 Å². The molecule has 0 saturated carbocycles. The van der Waals surface area contributed by atoms with Crippen LogP contribution in [0, 0.1) is 5.92 Å². The third kappa shape index (κ3) is 2.58. The van der Waals surface area contributed by atoms with Gasteiger partial charge < -0.3 is 10.1 Å². The molecule has 0 aromatic carbocycles. The maximum absolute atomic E-state index is 11.5. The summed E-state index contributed by atoms with van der Waals surface area (Å²) in [6.45, 7) is 1.61. The highest BCUT2D eigenvalue weighted by Crippen LogP contribution is 2.16. The molecule has 1 N–H and O–H groups in total. The summed E-state index contributed by atoms with van der Waals surface area (Å²) in [5.74, 6) is -0.598. The topological polar surface area (TPSA) is 55.4 Å². The standard InChI is InChI=1S/C10H15NO3/c1-7(10(13)14-2)11-9(12)8-5-3-4-6-8/h3,5,7-8H,4,6H2,1-2H3,(H,11,12)/t7-,8?/m0/s1. The molecule has 1 rings (SSSR count). The van der Waals surface area contributed by atoms with Crippen LogP contribution in [0.3, 0.4) is 0 Å². The predicted octanol–water partition coefficient (Wildman–Crippen LogP) is 0.630. The van der Waals surface area contributed by atoms with Gasteiger partial charge in [-0.05, 0) is 19.8 Å². The minimum absolute atomic E-state index is 0.0814. The molecule has 0 aromatic rings. The molecule has 0 aliphatic heterocycles. The smallest absolute Gasteiger partial charge is 0.328 e. The van der Waals surface area contributed by atoms with E-state index < -0.39 is 12.0 Å². The Morgan fingerprint density at radius 2 is 2.29 bits per heavy atom. The zero-order chi connectivity index (χ0) is 10.6. The van der Waals surface area contributed by atoms with Crippen molar-refractivity contribution in [2.45, 2.75) is 25.8 Å². The molecule has 4 heteroatoms. The summed E-state index contributed by atoms with van der Waals surface area (Å²) in [7, 11) is 1.31. The summed E-state index contributed by atoms with van der Waals surface area (Å²) >= 11 is 0. The van der Waals surface area contributed by atoms with Crippen LogP contribution in [-0.2, 0) is 14.3 Å². The van der Waals surface area contributed by atoms with Gasteiger partial charge in [-0.25, -0.2) is 4.79 Å². The number of carbonyl (C=O) groups excluding carboxylic acids is 2. The van der Waals surface area contributed by atoms with Crippen LogP contribution in [0.1, 0.15) is 19.8 Å². The van der Waals surface area contributed by atoms with Crippen LogP contribution in [0.4, 0.5) is 0 Å². The highest BCUT2D eigenvalue weighted by molar-refractivity contribution is 5.86. The predicted molar refractivity (Wildman–Crippen MR) is 51.5 cm³/mol. The number of ether oxygens (including phenoxy) is 1. The van der Waals surface area contributed by atoms with Crippen molar-refractivity contribution in [1.82, 2.24) is 5.32 Å². The van der Waals surface area contributed by atoms with Gasteiger partial charge >= 0.3 is 5.97 Å². The van der Waals surface area contributed by atoms with Crippen LogP contribution in [0.5, 0.6) is 0 Å². The first-order valence-corrected chi connectivity index (χ1v) is 4.70. The number of methoxy groups -OCH3 is 1. The van der Waals surface area contributed by atoms with E-state index in [1.54, 1.807) is 6.92 Å². The number of hydrogen-bond donors (Lipinski definition) is 1. The fourth-order valence-corrected chi connectivity index (χ4v) is 1.41. The first kappa shape index (κ1) is 10.8. The second-order valence-electron chi connectivity index (χ2n) is 3.37. The van der Waals surface area contributed by atoms with E-state index in [2.05, 4.69) is 10.1 Å². The second kappa shape index (κ2) is 4.79. The van der Waals surface area contributed by atoms with Crippen LogP contribution in [0.2, 0.25) is 0 Å². The Kier molecular flexibility index (Phi) is 3.68. The number of esters is 1. The van der Waals surface area contributed by atoms with Crippen LogP contribution >= 0.6 is 0 Å². The van der Waals surface area contributed by atoms with E-state index >= 15 is 0 Å². The number of rotatable bonds is 3. The molecular weight excluding hydrogens is 182 g/mol. The molecule has 14 heavy (non-hydrogen) atoms. The summed E-state index contributed by atoms with van der Waals surface area (Å²) in [4.78, 5) is 22.5. The Balaban J connectivity index is 2.39. The largest absolute Gasteiger partial charge is 0.467 e. The minimum Gasteiger partial charge on any atom is -0.467 e. The molecule has 0 fully saturated rings. The van der Waals surface area contributed by atoms with Gasteiger partial charge in [0.15, 0.2) is 0 Å². The maximum atomic E-state index is 11.5. The van der Waals surface area contributed by atoms with Gasteiger partial charge in [-0.3, -0.25) is 4.79 Å². The van der Waals surface area contributed by atoms with Crippen molar-refractivity contribution in [3.05, 3.63) is 12.2 Å². The van der Waals surface area contributed by atoms with Gasteiger partial charge in [0.2, 0.25) is 5.91 Å². The molecular formula is C10H15NO3. The molecule has 0 heterocycles. The van der Waals surface area contributed by atoms with Crippen molar-refractivity contribution >= 4 is 11.9 Å². The van der Waals surface area contributed by atoms with E-state index in [0.717, 1.165) is 12.8 Å². The SMILES string of the molecule is COC(=O)[C@H](C)NC(=O)C1C=CCC1. The van der Waals surface area contributed by atoms with Crippen LogP contribution in [0.15, 0.2) is 12.2 Å². The zero-order valence-corrected chi connectivity index (χ0v) is 8.45. The monoisotopic (exact) mass is 197 g/mol. The lowest BCUT2D eigenvalue weighted by Gasteiger charge is -2.14. The second-order valence-corrected chi connectivity index (χ2v) is 3.37. The molecule has 1 amide bonds. The molecule has 0 radical (unpaired) electrons. The Morgan fingerprint density at radius 1 is 1.57 bits per heavy atom. The van der Waals surface area contributed by atoms with Crippen LogP contribution < -0.4 is 5.32 Å². The fraction of sp³-hybridized carbons (Fsp3) is 0.600. The molecule has 0 spiro atoms. The normalized spacial score (nSPS) is 21.7. The van der Waals surface area contributed by atoms with E-state index in [1.807, 2.05) is 12.2 Å². The van der Waals surface area contributed by atoms with E-state index in [-0.39, 0.29) is 11.8 Å². The Morgan fingerprint density at radius 3 is 2.79 bits per heavy atom. The van der Waals surface area contributed by atoms with Crippen LogP contribution in [0.25, 0.3) is 0 Å². The summed E-state index contributed by atoms with van der Waals surface area (Å²) < 4.78 is 4.50. The summed E-state index contributed by atoms with van der Waals surface area (Å²) in [5.41, 5.74) is 0. The minimum atomic E-state index is -0.568. The van der Waals surface area contributed by atoms with Gasteiger partial charge in [-0.15, -0.1) is 0 Å². The van der Waals surface area contributed by atoms with Crippen molar-refractivity contribution < 1.29 is 14.3 Å². The first-order valence-electron chi connectivity index (χ1n) is 4.70. The maximum Gasteiger partial charge on any atom is 0.328 e. The molecule has 1 aliphatic carbocycles. The number of allylic oxidation sites excluding steroid dienone is 1. The average Bonchev–Trinajstić information content (AvgIpc) is 2.69. The number of hydrogen-bond acceptors (Lipinski definition) is 3. The highest BCUT2D eigenvalue weighted by atomic mass is 16.5. The van der Waals surface area contributed by atoms with Gasteiger partial charge in [0.25, 0.3) is 0 Å². The van der Waals surface area contributed by atoms with Gasteiger partial charge in [-0.1, -0.05) is 12.2 Å². The molecule has 2 atom stereocenters. The van der Waals surface area contributed by atoms with E-state index in [9.17, 15) is 9.59 Å². The molecule has 0 aromatic heterocycles. The third-order valence-electron chi connectivity index (χ3n) is 2.26. The summed E-state index contributed by atoms with van der Waals surface area (Å²) in [6.07, 6.45) is 5.62. The van der Waals surface area contributed by atoms with Gasteiger partial charge in [0.05, 0.1) is 13.0 Å². The molecule has 0 bridgehead atoms. The number of amides is 1. The lowest BCUT2D eigenvalue weighted by Crippen LogP contribution is -2.41. The van der Waals surface area contributed by atoms with E-state index in [4.69, 9.17) is 0 Å². The lowest BCUT2D eigenvalue weighted by molar-refractivity contribution is -0.144. The first-order chi connectivity index (χ1) is 6.65. The van der Waals surface area contributed by atoms with Gasteiger partial charge in [0, 0.05) is 0 Å². The molecule has 1 unspecified atom stereocenters. The van der Waals surface area contributed by atoms with Crippen molar-refractivity contribution in [1.29, 1.82) is 0 Å². The summed E-state index contributed by atoms with van der Waals surface area (Å²) in [5, 5.41) is 2.61. The zero-order valence-electron chi connectivity index (χ0n) is 8.45. The van der Waals surface area contributed by atoms with Crippen molar-refractivity contribution in [3.63, 3.8) is 0 Å². The van der Waals surface area contributed by atoms with E-state index in [1.165, 1.54) is 7.11 Å². The molecule has 1 aliphatic rings. The molecule has 78 valence electrons. The number of carbonyl (C=O) groups is 2. The van der Waals surface area contributed by atoms with Crippen molar-refractivity contribution in [3.8, 4) is 0 Å². The van der Waals surface area contributed by atoms with Crippen LogP contribution in [-0.4, -0.2) is 25.0 Å². The Hall–Kier alpha value is -1.32. The fourth-order valence-electron chi connectivity index (χ4n) is 1.41. The third-order valence-corrected chi connectivity index (χ3v) is 2.26. The Labute approximate surface area is 83.3 Å². The molecule has 4 nitrogen and oxygen atoms in total. The van der Waals surface area contributed by atoms with Crippen molar-refractivity contribution in [2.75, 3.05) is 7.11 Å². The quantitative estimate of drug-likeness (QED) is 0.533. The van der Waals surface area contributed by atoms with Crippen molar-refractivity contribution in [2.24, 2.45) is 5.92 Å². The average molecular weight is 197 g/mol.